The van der Waals surface area contributed by atoms with E-state index in [1.807, 2.05) is 22.7 Å². The number of rotatable bonds is 6. The van der Waals surface area contributed by atoms with Gasteiger partial charge in [-0.15, -0.1) is 46.2 Å². The summed E-state index contributed by atoms with van der Waals surface area (Å²) < 4.78 is 2.80. The minimum absolute atomic E-state index is 0.205. The van der Waals surface area contributed by atoms with Gasteiger partial charge in [0.2, 0.25) is 0 Å². The highest BCUT2D eigenvalue weighted by atomic mass is 32.2. The number of aliphatic carboxylic acids is 2. The first-order chi connectivity index (χ1) is 21.3. The number of carbonyl (C=O) groups is 4. The molecular formula is C34H20O6S4. The highest BCUT2D eigenvalue weighted by Crippen LogP contribution is 2.44. The quantitative estimate of drug-likeness (QED) is 0.136. The lowest BCUT2D eigenvalue weighted by atomic mass is 9.84. The van der Waals surface area contributed by atoms with Gasteiger partial charge in [-0.05, 0) is 45.8 Å². The first-order valence-electron chi connectivity index (χ1n) is 13.4. The first kappa shape index (κ1) is 28.5. The van der Waals surface area contributed by atoms with Gasteiger partial charge in [-0.25, -0.2) is 0 Å². The number of ketones is 2. The molecule has 0 unspecified atom stereocenters. The minimum atomic E-state index is -1.02. The van der Waals surface area contributed by atoms with Crippen molar-refractivity contribution in [1.29, 1.82) is 0 Å². The minimum Gasteiger partial charge on any atom is -0.481 e. The maximum atomic E-state index is 13.0. The van der Waals surface area contributed by atoms with Crippen LogP contribution in [-0.4, -0.2) is 45.2 Å². The Hall–Kier alpha value is -4.22. The highest BCUT2D eigenvalue weighted by Gasteiger charge is 2.33. The van der Waals surface area contributed by atoms with Gasteiger partial charge >= 0.3 is 11.9 Å². The number of fused-ring (bicyclic) bond motifs is 4. The van der Waals surface area contributed by atoms with Gasteiger partial charge in [0.1, 0.15) is 0 Å². The predicted molar refractivity (Wildman–Crippen MR) is 180 cm³/mol. The number of thioether (sulfide) groups is 2. The summed E-state index contributed by atoms with van der Waals surface area (Å²) >= 11 is 5.68. The fourth-order valence-corrected chi connectivity index (χ4v) is 9.29. The lowest BCUT2D eigenvalue weighted by Crippen LogP contribution is -2.22. The molecule has 10 heteroatoms. The molecule has 0 bridgehead atoms. The maximum Gasteiger partial charge on any atom is 0.313 e. The summed E-state index contributed by atoms with van der Waals surface area (Å²) in [7, 11) is 0. The molecule has 1 aliphatic rings. The molecule has 6 nitrogen and oxygen atoms in total. The van der Waals surface area contributed by atoms with Crippen molar-refractivity contribution in [2.75, 3.05) is 11.5 Å². The number of carboxylic acid groups (broad SMARTS) is 2. The molecule has 5 aromatic carbocycles. The summed E-state index contributed by atoms with van der Waals surface area (Å²) in [5.41, 5.74) is 0.829. The van der Waals surface area contributed by atoms with Crippen molar-refractivity contribution in [3.63, 3.8) is 0 Å². The molecule has 1 aliphatic carbocycles. The number of hydrogen-bond acceptors (Lipinski definition) is 8. The van der Waals surface area contributed by atoms with Gasteiger partial charge in [0.25, 0.3) is 0 Å². The molecule has 0 radical (unpaired) electrons. The molecule has 0 saturated heterocycles. The van der Waals surface area contributed by atoms with Crippen LogP contribution in [0.2, 0.25) is 0 Å². The smallest absolute Gasteiger partial charge is 0.313 e. The summed E-state index contributed by atoms with van der Waals surface area (Å²) in [5.74, 6) is -3.20. The molecule has 44 heavy (non-hydrogen) atoms. The molecule has 2 heterocycles. The normalized spacial score (nSPS) is 12.5. The van der Waals surface area contributed by atoms with Crippen molar-refractivity contribution in [2.24, 2.45) is 0 Å². The van der Waals surface area contributed by atoms with Crippen molar-refractivity contribution in [3.05, 3.63) is 106 Å². The second-order valence-electron chi connectivity index (χ2n) is 10.0. The summed E-state index contributed by atoms with van der Waals surface area (Å²) in [6.07, 6.45) is 0. The molecule has 8 rings (SSSR count). The lowest BCUT2D eigenvalue weighted by Gasteiger charge is -2.21. The van der Waals surface area contributed by atoms with E-state index in [1.165, 1.54) is 53.8 Å². The third-order valence-corrected chi connectivity index (χ3v) is 11.5. The number of benzene rings is 5. The Kier molecular flexibility index (Phi) is 7.37. The monoisotopic (exact) mass is 652 g/mol. The fourth-order valence-electron chi connectivity index (χ4n) is 5.72. The van der Waals surface area contributed by atoms with Crippen LogP contribution in [0.15, 0.2) is 93.3 Å². The van der Waals surface area contributed by atoms with Crippen LogP contribution in [0.25, 0.3) is 41.7 Å². The molecule has 0 aliphatic heterocycles. The SMILES string of the molecule is O=C(O)CSc1cccc2c1C(=O)c1cccc(SCC(=O)O)c1C2=O.c1cc2scc3c4cccc5scc(c(c1)c23)c54. The van der Waals surface area contributed by atoms with E-state index in [2.05, 4.69) is 47.2 Å². The van der Waals surface area contributed by atoms with Crippen LogP contribution in [0.1, 0.15) is 31.8 Å². The van der Waals surface area contributed by atoms with Gasteiger partial charge in [-0.3, -0.25) is 19.2 Å². The number of hydrogen-bond donors (Lipinski definition) is 2. The average Bonchev–Trinajstić information content (AvgIpc) is 3.67. The van der Waals surface area contributed by atoms with E-state index in [-0.39, 0.29) is 45.3 Å². The van der Waals surface area contributed by atoms with E-state index in [0.717, 1.165) is 23.5 Å². The van der Waals surface area contributed by atoms with Gasteiger partial charge in [-0.2, -0.15) is 0 Å². The van der Waals surface area contributed by atoms with Gasteiger partial charge in [0, 0.05) is 63.0 Å². The van der Waals surface area contributed by atoms with Gasteiger partial charge in [0.05, 0.1) is 11.5 Å². The zero-order valence-electron chi connectivity index (χ0n) is 22.7. The third-order valence-electron chi connectivity index (χ3n) is 7.48. The first-order valence-corrected chi connectivity index (χ1v) is 17.1. The Morgan fingerprint density at radius 1 is 0.568 bits per heavy atom. The third kappa shape index (κ3) is 4.75. The molecule has 0 spiro atoms. The molecule has 2 N–H and O–H groups in total. The topological polar surface area (TPSA) is 109 Å². The zero-order valence-corrected chi connectivity index (χ0v) is 25.9. The van der Waals surface area contributed by atoms with Crippen molar-refractivity contribution in [3.8, 4) is 0 Å². The Bertz CT molecular complexity index is 2130. The Balaban J connectivity index is 0.000000150. The van der Waals surface area contributed by atoms with Crippen LogP contribution in [0.5, 0.6) is 0 Å². The summed E-state index contributed by atoms with van der Waals surface area (Å²) in [4.78, 5) is 48.5. The Morgan fingerprint density at radius 3 is 1.39 bits per heavy atom. The molecule has 2 aromatic heterocycles. The molecule has 0 atom stereocenters. The van der Waals surface area contributed by atoms with Crippen molar-refractivity contribution >= 4 is 111 Å². The van der Waals surface area contributed by atoms with Crippen LogP contribution >= 0.6 is 46.2 Å². The van der Waals surface area contributed by atoms with E-state index in [4.69, 9.17) is 10.2 Å². The van der Waals surface area contributed by atoms with Crippen LogP contribution in [0.4, 0.5) is 0 Å². The van der Waals surface area contributed by atoms with Crippen LogP contribution in [0.3, 0.4) is 0 Å². The number of carbonyl (C=O) groups excluding carboxylic acids is 2. The maximum absolute atomic E-state index is 13.0. The molecule has 0 fully saturated rings. The van der Waals surface area contributed by atoms with Gasteiger partial charge < -0.3 is 10.2 Å². The Morgan fingerprint density at radius 2 is 0.977 bits per heavy atom. The van der Waals surface area contributed by atoms with Crippen molar-refractivity contribution in [2.45, 2.75) is 9.79 Å². The summed E-state index contributed by atoms with van der Waals surface area (Å²) in [6, 6.07) is 22.8. The van der Waals surface area contributed by atoms with E-state index >= 15 is 0 Å². The fraction of sp³-hybridized carbons (Fsp3) is 0.0588. The molecule has 0 saturated carbocycles. The van der Waals surface area contributed by atoms with Crippen LogP contribution in [0, 0.1) is 0 Å². The lowest BCUT2D eigenvalue weighted by molar-refractivity contribution is -0.134. The van der Waals surface area contributed by atoms with Gasteiger partial charge in [0.15, 0.2) is 11.6 Å². The predicted octanol–water partition coefficient (Wildman–Crippen LogP) is 8.68. The summed E-state index contributed by atoms with van der Waals surface area (Å²) in [6.45, 7) is 0. The van der Waals surface area contributed by atoms with Crippen LogP contribution in [-0.2, 0) is 9.59 Å². The molecular weight excluding hydrogens is 633 g/mol. The van der Waals surface area contributed by atoms with Crippen molar-refractivity contribution < 1.29 is 29.4 Å². The second-order valence-corrected chi connectivity index (χ2v) is 13.9. The molecule has 216 valence electrons. The molecule has 7 aromatic rings. The van der Waals surface area contributed by atoms with E-state index in [9.17, 15) is 19.2 Å². The van der Waals surface area contributed by atoms with E-state index in [0.29, 0.717) is 9.79 Å². The number of carboxylic acids is 2. The standard InChI is InChI=1S/C18H12O6S2.C16H8S2/c19-13(20)7-25-11-5-1-3-9-15(11)18(24)10-4-2-6-12(16(10)17(9)23)26-8-14(21)22;1-3-9-11-7-18-14-6-2-4-10(16(11)14)12-8-17-13(5-1)15(9)12/h1-6H,7-8H2,(H,19,20)(H,21,22);1-8H. The van der Waals surface area contributed by atoms with E-state index < -0.39 is 11.9 Å². The highest BCUT2D eigenvalue weighted by molar-refractivity contribution is 8.00. The average molecular weight is 653 g/mol. The zero-order chi connectivity index (χ0) is 30.5. The van der Waals surface area contributed by atoms with Crippen LogP contribution < -0.4 is 0 Å². The molecule has 0 amide bonds. The van der Waals surface area contributed by atoms with Crippen molar-refractivity contribution in [1.82, 2.24) is 0 Å². The van der Waals surface area contributed by atoms with E-state index in [1.54, 1.807) is 24.3 Å². The largest absolute Gasteiger partial charge is 0.481 e. The van der Waals surface area contributed by atoms with Gasteiger partial charge in [-0.1, -0.05) is 48.5 Å². The second kappa shape index (κ2) is 11.4. The Labute approximate surface area is 266 Å². The summed E-state index contributed by atoms with van der Waals surface area (Å²) in [5, 5.41) is 30.9. The number of thiophene rings is 2.